The number of rotatable bonds is 7. The number of amides is 6. The van der Waals surface area contributed by atoms with Crippen LogP contribution in [0.25, 0.3) is 10.8 Å². The molecule has 250 valence electrons. The van der Waals surface area contributed by atoms with Gasteiger partial charge < -0.3 is 0 Å². The van der Waals surface area contributed by atoms with Crippen molar-refractivity contribution in [1.82, 2.24) is 0 Å². The predicted molar refractivity (Wildman–Crippen MR) is 197 cm³/mol. The highest BCUT2D eigenvalue weighted by Crippen LogP contribution is 2.29. The number of nitrogens with zero attached hydrogens (tertiary/aromatic N) is 7. The highest BCUT2D eigenvalue weighted by Gasteiger charge is 2.22. The molecule has 0 radical (unpaired) electrons. The molecule has 0 fully saturated rings. The summed E-state index contributed by atoms with van der Waals surface area (Å²) in [4.78, 5) is 59.5. The summed E-state index contributed by atoms with van der Waals surface area (Å²) in [5, 5.41) is 13.0. The Morgan fingerprint density at radius 2 is 0.776 bits per heavy atom. The van der Waals surface area contributed by atoms with Crippen LogP contribution in [-0.4, -0.2) is 65.3 Å². The molecule has 12 nitrogen and oxygen atoms in total. The molecule has 0 heterocycles. The molecule has 12 heteroatoms. The van der Waals surface area contributed by atoms with Gasteiger partial charge in [0.25, 0.3) is 5.69 Å². The molecule has 0 spiro atoms. The van der Waals surface area contributed by atoms with Gasteiger partial charge in [-0.25, -0.2) is 14.4 Å². The van der Waals surface area contributed by atoms with Gasteiger partial charge in [0.05, 0.1) is 10.6 Å². The second-order valence-corrected chi connectivity index (χ2v) is 11.5. The summed E-state index contributed by atoms with van der Waals surface area (Å²) in [5.41, 5.74) is 3.77. The molecular weight excluding hydrogens is 622 g/mol. The molecule has 49 heavy (non-hydrogen) atoms. The molecule has 0 saturated heterocycles. The van der Waals surface area contributed by atoms with E-state index < -0.39 is 4.92 Å². The number of nitro groups is 1. The van der Waals surface area contributed by atoms with Crippen LogP contribution in [0.2, 0.25) is 0 Å². The first-order chi connectivity index (χ1) is 23.4. The van der Waals surface area contributed by atoms with Gasteiger partial charge in [0.2, 0.25) is 0 Å². The highest BCUT2D eigenvalue weighted by molar-refractivity contribution is 6.09. The van der Waals surface area contributed by atoms with Crippen LogP contribution >= 0.6 is 0 Å². The molecular formula is C37H37N7O5. The number of carbonyl (C=O) groups excluding carboxylic acids is 3. The van der Waals surface area contributed by atoms with E-state index >= 15 is 0 Å². The lowest BCUT2D eigenvalue weighted by molar-refractivity contribution is -0.384. The van der Waals surface area contributed by atoms with Gasteiger partial charge in [-0.15, -0.1) is 0 Å². The number of hydrogen-bond donors (Lipinski definition) is 0. The van der Waals surface area contributed by atoms with Crippen LogP contribution in [0.15, 0.2) is 115 Å². The summed E-state index contributed by atoms with van der Waals surface area (Å²) >= 11 is 0. The van der Waals surface area contributed by atoms with Gasteiger partial charge >= 0.3 is 18.1 Å². The Balaban J connectivity index is 1.22. The van der Waals surface area contributed by atoms with Crippen LogP contribution in [0, 0.1) is 10.1 Å². The summed E-state index contributed by atoms with van der Waals surface area (Å²) in [6.45, 7) is 0. The van der Waals surface area contributed by atoms with Crippen molar-refractivity contribution in [2.24, 2.45) is 0 Å². The Morgan fingerprint density at radius 3 is 1.16 bits per heavy atom. The predicted octanol–water partition coefficient (Wildman–Crippen LogP) is 7.83. The van der Waals surface area contributed by atoms with Gasteiger partial charge in [-0.05, 0) is 72.1 Å². The van der Waals surface area contributed by atoms with Gasteiger partial charge in [0.1, 0.15) is 0 Å². The third-order valence-corrected chi connectivity index (χ3v) is 8.55. The van der Waals surface area contributed by atoms with Gasteiger partial charge in [-0.3, -0.25) is 39.5 Å². The lowest BCUT2D eigenvalue weighted by atomic mass is 10.1. The van der Waals surface area contributed by atoms with Crippen LogP contribution in [0.4, 0.5) is 54.2 Å². The summed E-state index contributed by atoms with van der Waals surface area (Å²) < 4.78 is 0. The maximum atomic E-state index is 13.4. The SMILES string of the molecule is CN(C(=O)N(C)c1ccc(N(C)C(=O)N(C)c2cccc3ccccc23)cc1)c1ccc(N(C)C(=O)N(C)c2ccc([N+](=O)[O-])cc2)cc1. The minimum atomic E-state index is -0.494. The van der Waals surface area contributed by atoms with Crippen LogP contribution in [-0.2, 0) is 0 Å². The summed E-state index contributed by atoms with van der Waals surface area (Å²) in [7, 11) is 10.0. The standard InChI is InChI=1S/C37H37N7O5/c1-38(27-14-16-28(17-15-27)40(3)36(46)41(4)31-22-24-32(25-23-31)44(48)49)35(45)39(2)29-18-20-30(21-19-29)42(5)37(47)43(6)34-13-9-11-26-10-7-8-12-33(26)34/h7-25H,1-6H3. The monoisotopic (exact) mass is 659 g/mol. The molecule has 5 aromatic carbocycles. The molecule has 6 amide bonds. The fourth-order valence-electron chi connectivity index (χ4n) is 5.43. The van der Waals surface area contributed by atoms with Gasteiger partial charge in [0, 0.05) is 88.2 Å². The Labute approximate surface area is 284 Å². The molecule has 0 atom stereocenters. The van der Waals surface area contributed by atoms with E-state index in [2.05, 4.69) is 0 Å². The lowest BCUT2D eigenvalue weighted by Crippen LogP contribution is -2.40. The van der Waals surface area contributed by atoms with Crippen molar-refractivity contribution in [2.45, 2.75) is 0 Å². The van der Waals surface area contributed by atoms with E-state index in [0.717, 1.165) is 16.5 Å². The number of fused-ring (bicyclic) bond motifs is 1. The van der Waals surface area contributed by atoms with E-state index in [1.807, 2.05) is 42.5 Å². The largest absolute Gasteiger partial charge is 0.328 e. The quantitative estimate of drug-likeness (QED) is 0.131. The van der Waals surface area contributed by atoms with Crippen molar-refractivity contribution >= 4 is 68.7 Å². The van der Waals surface area contributed by atoms with Crippen molar-refractivity contribution in [2.75, 3.05) is 71.7 Å². The number of urea groups is 3. The van der Waals surface area contributed by atoms with Crippen molar-refractivity contribution in [3.05, 3.63) is 125 Å². The van der Waals surface area contributed by atoms with Crippen molar-refractivity contribution in [1.29, 1.82) is 0 Å². The molecule has 5 rings (SSSR count). The number of nitro benzene ring substituents is 1. The molecule has 0 bridgehead atoms. The first-order valence-corrected chi connectivity index (χ1v) is 15.4. The van der Waals surface area contributed by atoms with Crippen molar-refractivity contribution < 1.29 is 19.3 Å². The molecule has 0 aliphatic rings. The van der Waals surface area contributed by atoms with Crippen LogP contribution in [0.3, 0.4) is 0 Å². The van der Waals surface area contributed by atoms with E-state index in [4.69, 9.17) is 0 Å². The van der Waals surface area contributed by atoms with Crippen LogP contribution in [0.5, 0.6) is 0 Å². The number of benzene rings is 5. The fourth-order valence-corrected chi connectivity index (χ4v) is 5.43. The molecule has 0 aliphatic carbocycles. The molecule has 0 saturated carbocycles. The minimum Gasteiger partial charge on any atom is -0.297 e. The summed E-state index contributed by atoms with van der Waals surface area (Å²) in [6, 6.07) is 32.8. The number of carbonyl (C=O) groups is 3. The zero-order valence-electron chi connectivity index (χ0n) is 28.1. The third kappa shape index (κ3) is 6.98. The van der Waals surface area contributed by atoms with Gasteiger partial charge in [-0.2, -0.15) is 0 Å². The second-order valence-electron chi connectivity index (χ2n) is 11.5. The zero-order chi connectivity index (χ0) is 35.4. The maximum Gasteiger partial charge on any atom is 0.328 e. The zero-order valence-corrected chi connectivity index (χ0v) is 28.1. The van der Waals surface area contributed by atoms with Crippen LogP contribution in [0.1, 0.15) is 0 Å². The average molecular weight is 660 g/mol. The molecule has 0 N–H and O–H groups in total. The molecule has 5 aromatic rings. The Hall–Kier alpha value is -6.43. The second kappa shape index (κ2) is 14.1. The topological polar surface area (TPSA) is 114 Å². The maximum absolute atomic E-state index is 13.4. The van der Waals surface area contributed by atoms with E-state index in [1.165, 1.54) is 43.9 Å². The molecule has 0 aromatic heterocycles. The highest BCUT2D eigenvalue weighted by atomic mass is 16.6. The Bertz CT molecular complexity index is 1990. The molecule has 0 aliphatic heterocycles. The summed E-state index contributed by atoms with van der Waals surface area (Å²) in [5.74, 6) is 0. The number of anilines is 6. The minimum absolute atomic E-state index is 0.0597. The van der Waals surface area contributed by atoms with E-state index in [0.29, 0.717) is 28.4 Å². The fraction of sp³-hybridized carbons (Fsp3) is 0.162. The molecule has 0 unspecified atom stereocenters. The lowest BCUT2D eigenvalue weighted by Gasteiger charge is -2.28. The van der Waals surface area contributed by atoms with Crippen molar-refractivity contribution in [3.8, 4) is 0 Å². The Kier molecular flexibility index (Phi) is 9.79. The number of non-ortho nitro benzene ring substituents is 1. The van der Waals surface area contributed by atoms with E-state index in [9.17, 15) is 24.5 Å². The number of hydrogen-bond acceptors (Lipinski definition) is 5. The first-order valence-electron chi connectivity index (χ1n) is 15.4. The first kappa shape index (κ1) is 33.9. The van der Waals surface area contributed by atoms with E-state index in [-0.39, 0.29) is 23.8 Å². The van der Waals surface area contributed by atoms with E-state index in [1.54, 1.807) is 101 Å². The van der Waals surface area contributed by atoms with Crippen molar-refractivity contribution in [3.63, 3.8) is 0 Å². The normalized spacial score (nSPS) is 10.7. The van der Waals surface area contributed by atoms with Gasteiger partial charge in [-0.1, -0.05) is 36.4 Å². The average Bonchev–Trinajstić information content (AvgIpc) is 3.15. The third-order valence-electron chi connectivity index (χ3n) is 8.55. The summed E-state index contributed by atoms with van der Waals surface area (Å²) in [6.07, 6.45) is 0. The Morgan fingerprint density at radius 1 is 0.449 bits per heavy atom. The smallest absolute Gasteiger partial charge is 0.297 e. The van der Waals surface area contributed by atoms with Gasteiger partial charge in [0.15, 0.2) is 0 Å². The van der Waals surface area contributed by atoms with Crippen LogP contribution < -0.4 is 29.4 Å².